The molecule has 0 aliphatic heterocycles. The minimum absolute atomic E-state index is 0.0293. The third-order valence-electron chi connectivity index (χ3n) is 2.02. The van der Waals surface area contributed by atoms with Gasteiger partial charge in [0, 0.05) is 37.5 Å². The van der Waals surface area contributed by atoms with Crippen molar-refractivity contribution in [3.8, 4) is 0 Å². The van der Waals surface area contributed by atoms with Crippen molar-refractivity contribution in [2.75, 3.05) is 13.1 Å². The highest BCUT2D eigenvalue weighted by Crippen LogP contribution is 1.98. The second-order valence-electron chi connectivity index (χ2n) is 5.77. The normalized spacial score (nSPS) is 11.4. The second-order valence-corrected chi connectivity index (χ2v) is 5.77. The molecular formula is C13H27N3O2. The zero-order valence-corrected chi connectivity index (χ0v) is 12.2. The third-order valence-corrected chi connectivity index (χ3v) is 2.02. The lowest BCUT2D eigenvalue weighted by atomic mass is 10.1. The minimum Gasteiger partial charge on any atom is -0.354 e. The maximum atomic E-state index is 11.5. The Labute approximate surface area is 110 Å². The van der Waals surface area contributed by atoms with Crippen LogP contribution in [0, 0.1) is 0 Å². The molecule has 0 fully saturated rings. The molecule has 3 N–H and O–H groups in total. The number of hydrogen-bond acceptors (Lipinski definition) is 3. The van der Waals surface area contributed by atoms with E-state index in [1.54, 1.807) is 0 Å². The SMILES string of the molecule is CC(C)NC(=O)CCNCCC(=O)NC(C)(C)C. The summed E-state index contributed by atoms with van der Waals surface area (Å²) in [5, 5.41) is 8.79. The van der Waals surface area contributed by atoms with Crippen molar-refractivity contribution in [3.63, 3.8) is 0 Å². The van der Waals surface area contributed by atoms with Crippen LogP contribution >= 0.6 is 0 Å². The largest absolute Gasteiger partial charge is 0.354 e. The Kier molecular flexibility index (Phi) is 7.59. The Morgan fingerprint density at radius 3 is 1.94 bits per heavy atom. The summed E-state index contributed by atoms with van der Waals surface area (Å²) in [7, 11) is 0. The van der Waals surface area contributed by atoms with Crippen molar-refractivity contribution >= 4 is 11.8 Å². The maximum Gasteiger partial charge on any atom is 0.221 e. The van der Waals surface area contributed by atoms with E-state index in [9.17, 15) is 9.59 Å². The summed E-state index contributed by atoms with van der Waals surface area (Å²) in [6.45, 7) is 10.9. The van der Waals surface area contributed by atoms with Crippen molar-refractivity contribution in [1.82, 2.24) is 16.0 Å². The van der Waals surface area contributed by atoms with Gasteiger partial charge in [-0.3, -0.25) is 9.59 Å². The molecule has 0 saturated heterocycles. The molecule has 0 heterocycles. The number of carbonyl (C=O) groups excluding carboxylic acids is 2. The van der Waals surface area contributed by atoms with Gasteiger partial charge in [0.1, 0.15) is 0 Å². The highest BCUT2D eigenvalue weighted by atomic mass is 16.2. The molecule has 0 aromatic heterocycles. The molecule has 18 heavy (non-hydrogen) atoms. The van der Waals surface area contributed by atoms with Crippen LogP contribution < -0.4 is 16.0 Å². The first kappa shape index (κ1) is 16.9. The number of hydrogen-bond donors (Lipinski definition) is 3. The fourth-order valence-electron chi connectivity index (χ4n) is 1.40. The molecule has 5 heteroatoms. The smallest absolute Gasteiger partial charge is 0.221 e. The van der Waals surface area contributed by atoms with Crippen LogP contribution in [0.5, 0.6) is 0 Å². The van der Waals surface area contributed by atoms with Gasteiger partial charge in [-0.25, -0.2) is 0 Å². The number of rotatable bonds is 7. The van der Waals surface area contributed by atoms with E-state index in [2.05, 4.69) is 16.0 Å². The molecule has 0 bridgehead atoms. The lowest BCUT2D eigenvalue weighted by Crippen LogP contribution is -2.41. The minimum atomic E-state index is -0.186. The van der Waals surface area contributed by atoms with Crippen LogP contribution in [0.1, 0.15) is 47.5 Å². The molecule has 0 aliphatic rings. The van der Waals surface area contributed by atoms with Gasteiger partial charge < -0.3 is 16.0 Å². The summed E-state index contributed by atoms with van der Waals surface area (Å²) in [5.41, 5.74) is -0.186. The molecule has 0 saturated carbocycles. The van der Waals surface area contributed by atoms with Crippen LogP contribution in [0.4, 0.5) is 0 Å². The van der Waals surface area contributed by atoms with Crippen molar-refractivity contribution < 1.29 is 9.59 Å². The summed E-state index contributed by atoms with van der Waals surface area (Å²) in [6.07, 6.45) is 0.877. The van der Waals surface area contributed by atoms with Gasteiger partial charge in [0.2, 0.25) is 11.8 Å². The molecule has 0 unspecified atom stereocenters. The highest BCUT2D eigenvalue weighted by molar-refractivity contribution is 5.77. The van der Waals surface area contributed by atoms with E-state index in [-0.39, 0.29) is 23.4 Å². The lowest BCUT2D eigenvalue weighted by Gasteiger charge is -2.20. The van der Waals surface area contributed by atoms with Crippen LogP contribution in [-0.2, 0) is 9.59 Å². The van der Waals surface area contributed by atoms with Gasteiger partial charge in [0.15, 0.2) is 0 Å². The van der Waals surface area contributed by atoms with E-state index in [0.717, 1.165) is 0 Å². The molecule has 0 aromatic rings. The van der Waals surface area contributed by atoms with Crippen molar-refractivity contribution in [3.05, 3.63) is 0 Å². The van der Waals surface area contributed by atoms with Crippen LogP contribution in [0.3, 0.4) is 0 Å². The highest BCUT2D eigenvalue weighted by Gasteiger charge is 2.12. The van der Waals surface area contributed by atoms with Gasteiger partial charge in [-0.05, 0) is 34.6 Å². The molecule has 5 nitrogen and oxygen atoms in total. The van der Waals surface area contributed by atoms with Crippen molar-refractivity contribution in [2.45, 2.75) is 59.0 Å². The molecule has 0 spiro atoms. The number of nitrogens with one attached hydrogen (secondary N) is 3. The Hall–Kier alpha value is -1.10. The van der Waals surface area contributed by atoms with Crippen LogP contribution in [-0.4, -0.2) is 36.5 Å². The van der Waals surface area contributed by atoms with Gasteiger partial charge in [0.25, 0.3) is 0 Å². The Bertz CT molecular complexity index is 270. The van der Waals surface area contributed by atoms with E-state index in [1.165, 1.54) is 0 Å². The molecule has 0 aromatic carbocycles. The average Bonchev–Trinajstić information content (AvgIpc) is 2.12. The van der Waals surface area contributed by atoms with Gasteiger partial charge in [0.05, 0.1) is 0 Å². The Morgan fingerprint density at radius 1 is 1.00 bits per heavy atom. The Balaban J connectivity index is 3.51. The fourth-order valence-corrected chi connectivity index (χ4v) is 1.40. The van der Waals surface area contributed by atoms with Gasteiger partial charge in [-0.15, -0.1) is 0 Å². The number of carbonyl (C=O) groups is 2. The van der Waals surface area contributed by atoms with Crippen LogP contribution in [0.15, 0.2) is 0 Å². The standard InChI is InChI=1S/C13H27N3O2/c1-10(2)15-11(17)6-8-14-9-7-12(18)16-13(3,4)5/h10,14H,6-9H2,1-5H3,(H,15,17)(H,16,18). The quantitative estimate of drug-likeness (QED) is 0.591. The van der Waals surface area contributed by atoms with Gasteiger partial charge in [-0.2, -0.15) is 0 Å². The van der Waals surface area contributed by atoms with E-state index in [1.807, 2.05) is 34.6 Å². The predicted molar refractivity (Wildman–Crippen MR) is 73.3 cm³/mol. The van der Waals surface area contributed by atoms with E-state index < -0.39 is 0 Å². The zero-order valence-electron chi connectivity index (χ0n) is 12.2. The topological polar surface area (TPSA) is 70.2 Å². The van der Waals surface area contributed by atoms with E-state index in [4.69, 9.17) is 0 Å². The van der Waals surface area contributed by atoms with Crippen LogP contribution in [0.25, 0.3) is 0 Å². The summed E-state index contributed by atoms with van der Waals surface area (Å²) in [5.74, 6) is 0.0678. The molecule has 0 radical (unpaired) electrons. The molecule has 0 atom stereocenters. The first-order valence-corrected chi connectivity index (χ1v) is 6.52. The molecular weight excluding hydrogens is 230 g/mol. The van der Waals surface area contributed by atoms with Crippen molar-refractivity contribution in [1.29, 1.82) is 0 Å². The lowest BCUT2D eigenvalue weighted by molar-refractivity contribution is -0.122. The summed E-state index contributed by atoms with van der Waals surface area (Å²) < 4.78 is 0. The van der Waals surface area contributed by atoms with Crippen LogP contribution in [0.2, 0.25) is 0 Å². The molecule has 0 aliphatic carbocycles. The Morgan fingerprint density at radius 2 is 1.50 bits per heavy atom. The maximum absolute atomic E-state index is 11.5. The molecule has 0 rings (SSSR count). The third kappa shape index (κ3) is 11.4. The number of amides is 2. The van der Waals surface area contributed by atoms with E-state index in [0.29, 0.717) is 25.9 Å². The summed E-state index contributed by atoms with van der Waals surface area (Å²) >= 11 is 0. The summed E-state index contributed by atoms with van der Waals surface area (Å²) in [4.78, 5) is 22.8. The first-order valence-electron chi connectivity index (χ1n) is 6.52. The molecule has 106 valence electrons. The van der Waals surface area contributed by atoms with E-state index >= 15 is 0 Å². The zero-order chi connectivity index (χ0) is 14.2. The monoisotopic (exact) mass is 257 g/mol. The van der Waals surface area contributed by atoms with Gasteiger partial charge >= 0.3 is 0 Å². The van der Waals surface area contributed by atoms with Gasteiger partial charge in [-0.1, -0.05) is 0 Å². The first-order chi connectivity index (χ1) is 8.20. The predicted octanol–water partition coefficient (Wildman–Crippen LogP) is 0.796. The second kappa shape index (κ2) is 8.08. The van der Waals surface area contributed by atoms with Crippen molar-refractivity contribution in [2.24, 2.45) is 0 Å². The average molecular weight is 257 g/mol. The summed E-state index contributed by atoms with van der Waals surface area (Å²) in [6, 6.07) is 0.176. The molecule has 2 amide bonds. The fraction of sp³-hybridized carbons (Fsp3) is 0.846.